The van der Waals surface area contributed by atoms with E-state index in [1.165, 1.54) is 0 Å². The largest absolute Gasteiger partial charge is 0.288 e. The lowest BCUT2D eigenvalue weighted by Crippen LogP contribution is -2.31. The quantitative estimate of drug-likeness (QED) is 0.856. The van der Waals surface area contributed by atoms with E-state index in [0.717, 1.165) is 22.3 Å². The summed E-state index contributed by atoms with van der Waals surface area (Å²) in [5.74, 6) is -0.727. The predicted octanol–water partition coefficient (Wildman–Crippen LogP) is 3.49. The second-order valence-electron chi connectivity index (χ2n) is 5.42. The van der Waals surface area contributed by atoms with Crippen LogP contribution in [0.2, 0.25) is 0 Å². The number of benzene rings is 2. The summed E-state index contributed by atoms with van der Waals surface area (Å²) in [6.45, 7) is 7.66. The molecule has 2 amide bonds. The second kappa shape index (κ2) is 5.92. The highest BCUT2D eigenvalue weighted by atomic mass is 16.2. The number of imide groups is 1. The third kappa shape index (κ3) is 3.37. The van der Waals surface area contributed by atoms with E-state index in [1.54, 1.807) is 12.1 Å². The fraction of sp³-hybridized carbons (Fsp3) is 0.222. The molecule has 0 spiro atoms. The Labute approximate surface area is 125 Å². The SMILES string of the molecule is Cc1ccc(C(=O)NC(=O)c2ccc(C)cc2C)c(C)c1. The Bertz CT molecular complexity index is 656. The van der Waals surface area contributed by atoms with Gasteiger partial charge in [0.25, 0.3) is 11.8 Å². The maximum atomic E-state index is 12.2. The fourth-order valence-electron chi connectivity index (χ4n) is 2.37. The molecule has 2 aromatic carbocycles. The van der Waals surface area contributed by atoms with Crippen molar-refractivity contribution in [3.05, 3.63) is 69.8 Å². The molecule has 1 N–H and O–H groups in total. The minimum absolute atomic E-state index is 0.363. The van der Waals surface area contributed by atoms with Gasteiger partial charge in [-0.2, -0.15) is 0 Å². The van der Waals surface area contributed by atoms with Crippen molar-refractivity contribution in [2.24, 2.45) is 0 Å². The van der Waals surface area contributed by atoms with Crippen molar-refractivity contribution in [3.63, 3.8) is 0 Å². The molecule has 0 aliphatic rings. The van der Waals surface area contributed by atoms with Crippen LogP contribution in [0.3, 0.4) is 0 Å². The number of carbonyl (C=O) groups is 2. The zero-order chi connectivity index (χ0) is 15.6. The van der Waals surface area contributed by atoms with E-state index in [4.69, 9.17) is 0 Å². The van der Waals surface area contributed by atoms with Crippen molar-refractivity contribution < 1.29 is 9.59 Å². The molecular weight excluding hydrogens is 262 g/mol. The van der Waals surface area contributed by atoms with Gasteiger partial charge in [0.2, 0.25) is 0 Å². The van der Waals surface area contributed by atoms with E-state index in [0.29, 0.717) is 11.1 Å². The molecule has 0 fully saturated rings. The number of aryl methyl sites for hydroxylation is 4. The van der Waals surface area contributed by atoms with E-state index in [1.807, 2.05) is 52.0 Å². The highest BCUT2D eigenvalue weighted by molar-refractivity contribution is 6.11. The van der Waals surface area contributed by atoms with Crippen molar-refractivity contribution in [2.75, 3.05) is 0 Å². The lowest BCUT2D eigenvalue weighted by atomic mass is 10.0. The number of hydrogen-bond donors (Lipinski definition) is 1. The molecule has 0 unspecified atom stereocenters. The summed E-state index contributed by atoms with van der Waals surface area (Å²) in [6.07, 6.45) is 0. The molecule has 2 aromatic rings. The van der Waals surface area contributed by atoms with Crippen LogP contribution in [-0.2, 0) is 0 Å². The summed E-state index contributed by atoms with van der Waals surface area (Å²) in [7, 11) is 0. The second-order valence-corrected chi connectivity index (χ2v) is 5.42. The molecule has 0 aromatic heterocycles. The molecule has 0 bridgehead atoms. The standard InChI is InChI=1S/C18H19NO2/c1-11-5-7-15(13(3)9-11)17(20)19-18(21)16-8-6-12(2)10-14(16)4/h5-10H,1-4H3,(H,19,20,21). The Morgan fingerprint density at radius 3 is 1.43 bits per heavy atom. The van der Waals surface area contributed by atoms with Crippen LogP contribution in [0.1, 0.15) is 43.0 Å². The van der Waals surface area contributed by atoms with E-state index in [-0.39, 0.29) is 11.8 Å². The van der Waals surface area contributed by atoms with Crippen LogP contribution < -0.4 is 5.32 Å². The first-order valence-corrected chi connectivity index (χ1v) is 6.88. The molecule has 0 aliphatic heterocycles. The van der Waals surface area contributed by atoms with Gasteiger partial charge in [-0.15, -0.1) is 0 Å². The van der Waals surface area contributed by atoms with Crippen molar-refractivity contribution in [1.82, 2.24) is 5.32 Å². The van der Waals surface area contributed by atoms with Crippen LogP contribution in [0.15, 0.2) is 36.4 Å². The first-order chi connectivity index (χ1) is 9.88. The van der Waals surface area contributed by atoms with Crippen molar-refractivity contribution in [1.29, 1.82) is 0 Å². The molecule has 0 atom stereocenters. The molecule has 0 saturated carbocycles. The molecule has 21 heavy (non-hydrogen) atoms. The van der Waals surface area contributed by atoms with Gasteiger partial charge in [0, 0.05) is 11.1 Å². The van der Waals surface area contributed by atoms with E-state index in [2.05, 4.69) is 5.32 Å². The van der Waals surface area contributed by atoms with Crippen molar-refractivity contribution in [3.8, 4) is 0 Å². The molecule has 0 radical (unpaired) electrons. The van der Waals surface area contributed by atoms with Crippen molar-refractivity contribution in [2.45, 2.75) is 27.7 Å². The summed E-state index contributed by atoms with van der Waals surface area (Å²) in [4.78, 5) is 24.4. The normalized spacial score (nSPS) is 10.3. The van der Waals surface area contributed by atoms with Crippen LogP contribution in [0.5, 0.6) is 0 Å². The van der Waals surface area contributed by atoms with E-state index < -0.39 is 0 Å². The van der Waals surface area contributed by atoms with Crippen LogP contribution in [0.25, 0.3) is 0 Å². The average Bonchev–Trinajstić information content (AvgIpc) is 2.37. The van der Waals surface area contributed by atoms with Gasteiger partial charge >= 0.3 is 0 Å². The number of hydrogen-bond acceptors (Lipinski definition) is 2. The van der Waals surface area contributed by atoms with Gasteiger partial charge in [0.05, 0.1) is 0 Å². The van der Waals surface area contributed by atoms with Crippen LogP contribution >= 0.6 is 0 Å². The van der Waals surface area contributed by atoms with Gasteiger partial charge in [-0.1, -0.05) is 35.4 Å². The molecule has 3 heteroatoms. The van der Waals surface area contributed by atoms with Gasteiger partial charge in [-0.05, 0) is 51.0 Å². The minimum atomic E-state index is -0.363. The summed E-state index contributed by atoms with van der Waals surface area (Å²) < 4.78 is 0. The smallest absolute Gasteiger partial charge is 0.258 e. The molecule has 0 aliphatic carbocycles. The van der Waals surface area contributed by atoms with Gasteiger partial charge in [-0.3, -0.25) is 14.9 Å². The van der Waals surface area contributed by atoms with Crippen LogP contribution in [0.4, 0.5) is 0 Å². The average molecular weight is 281 g/mol. The summed E-state index contributed by atoms with van der Waals surface area (Å²) in [5, 5.41) is 2.46. The Morgan fingerprint density at radius 2 is 1.10 bits per heavy atom. The number of amides is 2. The lowest BCUT2D eigenvalue weighted by molar-refractivity contribution is 0.0848. The van der Waals surface area contributed by atoms with Gasteiger partial charge < -0.3 is 0 Å². The monoisotopic (exact) mass is 281 g/mol. The fourth-order valence-corrected chi connectivity index (χ4v) is 2.37. The Balaban J connectivity index is 2.21. The topological polar surface area (TPSA) is 46.2 Å². The molecule has 108 valence electrons. The minimum Gasteiger partial charge on any atom is -0.288 e. The summed E-state index contributed by atoms with van der Waals surface area (Å²) >= 11 is 0. The third-order valence-corrected chi connectivity index (χ3v) is 3.48. The predicted molar refractivity (Wildman–Crippen MR) is 83.6 cm³/mol. The zero-order valence-corrected chi connectivity index (χ0v) is 12.8. The summed E-state index contributed by atoms with van der Waals surface area (Å²) in [6, 6.07) is 11.1. The first kappa shape index (κ1) is 15.0. The molecular formula is C18H19NO2. The molecule has 0 saturated heterocycles. The lowest BCUT2D eigenvalue weighted by Gasteiger charge is -2.09. The van der Waals surface area contributed by atoms with Gasteiger partial charge in [-0.25, -0.2) is 0 Å². The van der Waals surface area contributed by atoms with Crippen molar-refractivity contribution >= 4 is 11.8 Å². The summed E-state index contributed by atoms with van der Waals surface area (Å²) in [5.41, 5.74) is 4.95. The Kier molecular flexibility index (Phi) is 4.22. The molecule has 2 rings (SSSR count). The van der Waals surface area contributed by atoms with Crippen LogP contribution in [-0.4, -0.2) is 11.8 Å². The highest BCUT2D eigenvalue weighted by Crippen LogP contribution is 2.13. The van der Waals surface area contributed by atoms with E-state index >= 15 is 0 Å². The highest BCUT2D eigenvalue weighted by Gasteiger charge is 2.15. The Hall–Kier alpha value is -2.42. The Morgan fingerprint density at radius 1 is 0.714 bits per heavy atom. The molecule has 0 heterocycles. The van der Waals surface area contributed by atoms with Gasteiger partial charge in [0.15, 0.2) is 0 Å². The number of nitrogens with one attached hydrogen (secondary N) is 1. The number of rotatable bonds is 2. The first-order valence-electron chi connectivity index (χ1n) is 6.88. The maximum Gasteiger partial charge on any atom is 0.258 e. The van der Waals surface area contributed by atoms with Gasteiger partial charge in [0.1, 0.15) is 0 Å². The van der Waals surface area contributed by atoms with Crippen LogP contribution in [0, 0.1) is 27.7 Å². The maximum absolute atomic E-state index is 12.2. The zero-order valence-electron chi connectivity index (χ0n) is 12.8. The van der Waals surface area contributed by atoms with E-state index in [9.17, 15) is 9.59 Å². The number of carbonyl (C=O) groups excluding carboxylic acids is 2. The molecule has 3 nitrogen and oxygen atoms in total. The third-order valence-electron chi connectivity index (χ3n) is 3.48.